The van der Waals surface area contributed by atoms with Gasteiger partial charge in [-0.3, -0.25) is 10.1 Å². The third-order valence-corrected chi connectivity index (χ3v) is 5.03. The number of amides is 1. The van der Waals surface area contributed by atoms with E-state index >= 15 is 0 Å². The summed E-state index contributed by atoms with van der Waals surface area (Å²) in [6.07, 6.45) is 0. The third-order valence-electron chi connectivity index (χ3n) is 4.17. The zero-order valence-corrected chi connectivity index (χ0v) is 15.5. The molecular weight excluding hydrogens is 368 g/mol. The number of methoxy groups -OCH3 is 1. The number of nitrogens with one attached hydrogen (secondary N) is 1. The van der Waals surface area contributed by atoms with E-state index < -0.39 is 0 Å². The van der Waals surface area contributed by atoms with Crippen molar-refractivity contribution in [2.24, 2.45) is 0 Å². The maximum Gasteiger partial charge on any atom is 0.322 e. The Morgan fingerprint density at radius 3 is 2.81 bits per heavy atom. The molecule has 0 atom stereocenters. The standard InChI is InChI=1S/C18H18N4O4S/c1-24-15-12(4-2-5-13(15)22-7-9-25-10-8-22)16(23)19-18-21-20-17(26-18)14-6-3-11-27-14/h2-6,11H,7-10H2,1H3,(H,19,21,23). The molecule has 0 aliphatic carbocycles. The van der Waals surface area contributed by atoms with Gasteiger partial charge in [-0.1, -0.05) is 17.2 Å². The van der Waals surface area contributed by atoms with Crippen LogP contribution in [0, 0.1) is 0 Å². The van der Waals surface area contributed by atoms with E-state index in [2.05, 4.69) is 20.4 Å². The van der Waals surface area contributed by atoms with Crippen molar-refractivity contribution in [3.63, 3.8) is 0 Å². The molecule has 140 valence electrons. The Balaban J connectivity index is 1.56. The van der Waals surface area contributed by atoms with Crippen molar-refractivity contribution in [3.8, 4) is 16.5 Å². The number of aromatic nitrogens is 2. The van der Waals surface area contributed by atoms with Crippen molar-refractivity contribution in [2.45, 2.75) is 0 Å². The Morgan fingerprint density at radius 1 is 1.22 bits per heavy atom. The van der Waals surface area contributed by atoms with Gasteiger partial charge in [0.2, 0.25) is 0 Å². The van der Waals surface area contributed by atoms with E-state index in [1.165, 1.54) is 11.3 Å². The highest BCUT2D eigenvalue weighted by molar-refractivity contribution is 7.13. The van der Waals surface area contributed by atoms with Gasteiger partial charge >= 0.3 is 6.01 Å². The number of anilines is 2. The normalized spacial score (nSPS) is 14.2. The summed E-state index contributed by atoms with van der Waals surface area (Å²) in [4.78, 5) is 15.7. The summed E-state index contributed by atoms with van der Waals surface area (Å²) in [6, 6.07) is 9.27. The van der Waals surface area contributed by atoms with E-state index in [9.17, 15) is 4.79 Å². The fourth-order valence-electron chi connectivity index (χ4n) is 2.91. The summed E-state index contributed by atoms with van der Waals surface area (Å²) in [5.41, 5.74) is 1.26. The first-order valence-electron chi connectivity index (χ1n) is 8.44. The molecule has 3 heterocycles. The average Bonchev–Trinajstić information content (AvgIpc) is 3.39. The van der Waals surface area contributed by atoms with Gasteiger partial charge in [0.05, 0.1) is 36.5 Å². The van der Waals surface area contributed by atoms with Crippen LogP contribution in [0.1, 0.15) is 10.4 Å². The zero-order valence-electron chi connectivity index (χ0n) is 14.7. The van der Waals surface area contributed by atoms with E-state index in [0.29, 0.717) is 30.4 Å². The van der Waals surface area contributed by atoms with E-state index in [1.807, 2.05) is 29.6 Å². The third kappa shape index (κ3) is 3.64. The van der Waals surface area contributed by atoms with Crippen LogP contribution >= 0.6 is 11.3 Å². The Hall–Kier alpha value is -2.91. The number of hydrogen-bond donors (Lipinski definition) is 1. The Kier molecular flexibility index (Phi) is 5.03. The molecule has 0 unspecified atom stereocenters. The van der Waals surface area contributed by atoms with Crippen LogP contribution in [-0.2, 0) is 4.74 Å². The van der Waals surface area contributed by atoms with Crippen molar-refractivity contribution in [2.75, 3.05) is 43.6 Å². The van der Waals surface area contributed by atoms with Crippen molar-refractivity contribution < 1.29 is 18.7 Å². The second-order valence-electron chi connectivity index (χ2n) is 5.80. The van der Waals surface area contributed by atoms with Gasteiger partial charge in [-0.2, -0.15) is 0 Å². The monoisotopic (exact) mass is 386 g/mol. The lowest BCUT2D eigenvalue weighted by atomic mass is 10.1. The number of nitrogens with zero attached hydrogens (tertiary/aromatic N) is 3. The summed E-state index contributed by atoms with van der Waals surface area (Å²) in [5.74, 6) is 0.507. The topological polar surface area (TPSA) is 89.7 Å². The van der Waals surface area contributed by atoms with Gasteiger partial charge in [0, 0.05) is 13.1 Å². The molecule has 27 heavy (non-hydrogen) atoms. The molecule has 3 aromatic rings. The number of morpholine rings is 1. The number of thiophene rings is 1. The summed E-state index contributed by atoms with van der Waals surface area (Å²) >= 11 is 1.48. The molecule has 1 amide bonds. The fraction of sp³-hybridized carbons (Fsp3) is 0.278. The Morgan fingerprint density at radius 2 is 2.07 bits per heavy atom. The van der Waals surface area contributed by atoms with Crippen molar-refractivity contribution in [3.05, 3.63) is 41.3 Å². The number of rotatable bonds is 5. The Bertz CT molecular complexity index is 919. The SMILES string of the molecule is COc1c(C(=O)Nc2nnc(-c3cccs3)o2)cccc1N1CCOCC1. The molecule has 0 spiro atoms. The first-order chi connectivity index (χ1) is 13.3. The second-order valence-corrected chi connectivity index (χ2v) is 6.75. The maximum atomic E-state index is 12.8. The summed E-state index contributed by atoms with van der Waals surface area (Å²) in [6.45, 7) is 2.78. The van der Waals surface area contributed by atoms with E-state index in [1.54, 1.807) is 13.2 Å². The van der Waals surface area contributed by atoms with Gasteiger partial charge < -0.3 is 18.8 Å². The predicted molar refractivity (Wildman–Crippen MR) is 102 cm³/mol. The summed E-state index contributed by atoms with van der Waals surface area (Å²) in [7, 11) is 1.55. The van der Waals surface area contributed by atoms with Crippen LogP contribution in [0.4, 0.5) is 11.7 Å². The molecule has 8 nitrogen and oxygen atoms in total. The summed E-state index contributed by atoms with van der Waals surface area (Å²) < 4.78 is 16.5. The molecule has 0 bridgehead atoms. The lowest BCUT2D eigenvalue weighted by molar-refractivity contribution is 0.102. The minimum absolute atomic E-state index is 0.0437. The Labute approximate surface area is 159 Å². The molecule has 1 saturated heterocycles. The molecule has 1 aromatic carbocycles. The smallest absolute Gasteiger partial charge is 0.322 e. The number of hydrogen-bond acceptors (Lipinski definition) is 8. The van der Waals surface area contributed by atoms with Crippen LogP contribution in [-0.4, -0.2) is 49.5 Å². The number of benzene rings is 1. The molecule has 1 aliphatic heterocycles. The fourth-order valence-corrected chi connectivity index (χ4v) is 3.55. The van der Waals surface area contributed by atoms with Crippen LogP contribution in [0.15, 0.2) is 40.1 Å². The molecule has 0 radical (unpaired) electrons. The van der Waals surface area contributed by atoms with Gasteiger partial charge in [0.15, 0.2) is 5.75 Å². The summed E-state index contributed by atoms with van der Waals surface area (Å²) in [5, 5.41) is 12.4. The van der Waals surface area contributed by atoms with Crippen LogP contribution < -0.4 is 15.0 Å². The largest absolute Gasteiger partial charge is 0.494 e. The zero-order chi connectivity index (χ0) is 18.6. The maximum absolute atomic E-state index is 12.8. The number of para-hydroxylation sites is 1. The van der Waals surface area contributed by atoms with Gasteiger partial charge in [0.25, 0.3) is 11.8 Å². The minimum Gasteiger partial charge on any atom is -0.494 e. The minimum atomic E-state index is -0.372. The molecule has 0 saturated carbocycles. The average molecular weight is 386 g/mol. The predicted octanol–water partition coefficient (Wildman–Crippen LogP) is 2.90. The quantitative estimate of drug-likeness (QED) is 0.721. The van der Waals surface area contributed by atoms with Gasteiger partial charge in [-0.15, -0.1) is 16.4 Å². The van der Waals surface area contributed by atoms with Crippen molar-refractivity contribution in [1.82, 2.24) is 10.2 Å². The van der Waals surface area contributed by atoms with Gasteiger partial charge in [-0.05, 0) is 23.6 Å². The molecule has 1 fully saturated rings. The first-order valence-corrected chi connectivity index (χ1v) is 9.32. The first kappa shape index (κ1) is 17.5. The van der Waals surface area contributed by atoms with Crippen molar-refractivity contribution >= 4 is 28.9 Å². The van der Waals surface area contributed by atoms with Crippen molar-refractivity contribution in [1.29, 1.82) is 0 Å². The molecule has 1 aliphatic rings. The van der Waals surface area contributed by atoms with Crippen LogP contribution in [0.3, 0.4) is 0 Å². The molecule has 4 rings (SSSR count). The van der Waals surface area contributed by atoms with Gasteiger partial charge in [0.1, 0.15) is 0 Å². The molecule has 9 heteroatoms. The molecule has 1 N–H and O–H groups in total. The van der Waals surface area contributed by atoms with E-state index in [4.69, 9.17) is 13.9 Å². The highest BCUT2D eigenvalue weighted by Crippen LogP contribution is 2.33. The van der Waals surface area contributed by atoms with Gasteiger partial charge in [-0.25, -0.2) is 0 Å². The second kappa shape index (κ2) is 7.77. The number of carbonyl (C=O) groups excluding carboxylic acids is 1. The lowest BCUT2D eigenvalue weighted by Crippen LogP contribution is -2.36. The van der Waals surface area contributed by atoms with E-state index in [0.717, 1.165) is 23.7 Å². The van der Waals surface area contributed by atoms with E-state index in [-0.39, 0.29) is 11.9 Å². The highest BCUT2D eigenvalue weighted by Gasteiger charge is 2.22. The lowest BCUT2D eigenvalue weighted by Gasteiger charge is -2.30. The number of carbonyl (C=O) groups is 1. The van der Waals surface area contributed by atoms with Crippen LogP contribution in [0.25, 0.3) is 10.8 Å². The van der Waals surface area contributed by atoms with Crippen LogP contribution in [0.5, 0.6) is 5.75 Å². The number of ether oxygens (including phenoxy) is 2. The molecule has 2 aromatic heterocycles. The highest BCUT2D eigenvalue weighted by atomic mass is 32.1. The van der Waals surface area contributed by atoms with Crippen LogP contribution in [0.2, 0.25) is 0 Å². The molecular formula is C18H18N4O4S.